The zero-order valence-corrected chi connectivity index (χ0v) is 8.19. The number of carbonyl (C=O) groups is 3. The van der Waals surface area contributed by atoms with Crippen LogP contribution in [0.25, 0.3) is 0 Å². The van der Waals surface area contributed by atoms with Gasteiger partial charge in [0.2, 0.25) is 11.8 Å². The molecule has 1 heterocycles. The molecule has 0 saturated carbocycles. The Balaban J connectivity index is 2.87. The van der Waals surface area contributed by atoms with Gasteiger partial charge >= 0.3 is 5.97 Å². The van der Waals surface area contributed by atoms with Gasteiger partial charge in [0.05, 0.1) is 0 Å². The molecule has 1 unspecified atom stereocenters. The predicted molar refractivity (Wildman–Crippen MR) is 47.3 cm³/mol. The van der Waals surface area contributed by atoms with Crippen molar-refractivity contribution in [2.45, 2.75) is 32.7 Å². The Labute approximate surface area is 81.7 Å². The van der Waals surface area contributed by atoms with Crippen molar-refractivity contribution in [1.82, 2.24) is 4.90 Å². The number of hydrogen-bond acceptors (Lipinski definition) is 3. The standard InChI is InChI=1S/C9H13NO4/c1-5(2)8(12)10-6(9(13)14)3-4-7(10)11/h5-6H,3-4H2,1-2H3,(H,13,14). The van der Waals surface area contributed by atoms with Gasteiger partial charge < -0.3 is 5.11 Å². The lowest BCUT2D eigenvalue weighted by atomic mass is 10.1. The lowest BCUT2D eigenvalue weighted by molar-refractivity contribution is -0.155. The van der Waals surface area contributed by atoms with E-state index in [1.165, 1.54) is 0 Å². The number of likely N-dealkylation sites (tertiary alicyclic amines) is 1. The number of nitrogens with zero attached hydrogens (tertiary/aromatic N) is 1. The van der Waals surface area contributed by atoms with Crippen molar-refractivity contribution in [3.8, 4) is 0 Å². The van der Waals surface area contributed by atoms with E-state index >= 15 is 0 Å². The fourth-order valence-electron chi connectivity index (χ4n) is 1.47. The second-order valence-electron chi connectivity index (χ2n) is 3.65. The lowest BCUT2D eigenvalue weighted by Gasteiger charge is -2.21. The smallest absolute Gasteiger partial charge is 0.326 e. The molecular formula is C9H13NO4. The van der Waals surface area contributed by atoms with Crippen molar-refractivity contribution in [1.29, 1.82) is 0 Å². The Morgan fingerprint density at radius 3 is 2.50 bits per heavy atom. The van der Waals surface area contributed by atoms with E-state index in [1.807, 2.05) is 0 Å². The van der Waals surface area contributed by atoms with Crippen LogP contribution in [-0.2, 0) is 14.4 Å². The molecule has 0 spiro atoms. The molecule has 0 radical (unpaired) electrons. The Kier molecular flexibility index (Phi) is 2.88. The molecule has 5 nitrogen and oxygen atoms in total. The number of carboxylic acids is 1. The van der Waals surface area contributed by atoms with Gasteiger partial charge in [-0.3, -0.25) is 14.5 Å². The summed E-state index contributed by atoms with van der Waals surface area (Å²) in [5, 5.41) is 8.79. The van der Waals surface area contributed by atoms with E-state index in [9.17, 15) is 14.4 Å². The van der Waals surface area contributed by atoms with E-state index < -0.39 is 17.9 Å². The molecule has 0 aromatic heterocycles. The van der Waals surface area contributed by atoms with Gasteiger partial charge in [-0.2, -0.15) is 0 Å². The topological polar surface area (TPSA) is 74.7 Å². The normalized spacial score (nSPS) is 21.8. The van der Waals surface area contributed by atoms with Crippen molar-refractivity contribution in [3.05, 3.63) is 0 Å². The summed E-state index contributed by atoms with van der Waals surface area (Å²) >= 11 is 0. The van der Waals surface area contributed by atoms with Gasteiger partial charge in [0.15, 0.2) is 0 Å². The molecule has 0 aromatic rings. The van der Waals surface area contributed by atoms with Gasteiger partial charge in [-0.05, 0) is 6.42 Å². The van der Waals surface area contributed by atoms with Crippen LogP contribution in [0.3, 0.4) is 0 Å². The number of imide groups is 1. The zero-order chi connectivity index (χ0) is 10.9. The minimum atomic E-state index is -1.11. The van der Waals surface area contributed by atoms with E-state index in [-0.39, 0.29) is 24.7 Å². The molecule has 0 aliphatic carbocycles. The van der Waals surface area contributed by atoms with Gasteiger partial charge in [0.25, 0.3) is 0 Å². The molecule has 1 aliphatic rings. The third-order valence-electron chi connectivity index (χ3n) is 2.23. The average molecular weight is 199 g/mol. The average Bonchev–Trinajstić information content (AvgIpc) is 2.45. The second kappa shape index (κ2) is 3.77. The van der Waals surface area contributed by atoms with Crippen molar-refractivity contribution in [3.63, 3.8) is 0 Å². The van der Waals surface area contributed by atoms with Gasteiger partial charge in [0.1, 0.15) is 6.04 Å². The van der Waals surface area contributed by atoms with Crippen molar-refractivity contribution in [2.24, 2.45) is 5.92 Å². The fourth-order valence-corrected chi connectivity index (χ4v) is 1.47. The minimum absolute atomic E-state index is 0.148. The molecule has 1 saturated heterocycles. The number of hydrogen-bond donors (Lipinski definition) is 1. The Bertz CT molecular complexity index is 285. The minimum Gasteiger partial charge on any atom is -0.480 e. The van der Waals surface area contributed by atoms with Crippen LogP contribution in [0, 0.1) is 5.92 Å². The van der Waals surface area contributed by atoms with Gasteiger partial charge in [0, 0.05) is 12.3 Å². The van der Waals surface area contributed by atoms with E-state index in [0.717, 1.165) is 4.90 Å². The van der Waals surface area contributed by atoms with Crippen LogP contribution in [0.5, 0.6) is 0 Å². The maximum absolute atomic E-state index is 11.5. The molecule has 2 amide bonds. The number of rotatable bonds is 2. The number of carbonyl (C=O) groups excluding carboxylic acids is 2. The van der Waals surface area contributed by atoms with Crippen LogP contribution in [-0.4, -0.2) is 33.8 Å². The molecule has 5 heteroatoms. The molecule has 0 aromatic carbocycles. The van der Waals surface area contributed by atoms with Crippen LogP contribution in [0.15, 0.2) is 0 Å². The predicted octanol–water partition coefficient (Wildman–Crippen LogP) is 0.245. The van der Waals surface area contributed by atoms with Crippen molar-refractivity contribution >= 4 is 17.8 Å². The molecule has 1 atom stereocenters. The van der Waals surface area contributed by atoms with Crippen LogP contribution in [0.4, 0.5) is 0 Å². The third-order valence-corrected chi connectivity index (χ3v) is 2.23. The van der Waals surface area contributed by atoms with Crippen LogP contribution < -0.4 is 0 Å². The largest absolute Gasteiger partial charge is 0.480 e. The molecule has 1 rings (SSSR count). The third kappa shape index (κ3) is 1.76. The number of amides is 2. The zero-order valence-electron chi connectivity index (χ0n) is 8.19. The van der Waals surface area contributed by atoms with Crippen molar-refractivity contribution < 1.29 is 19.5 Å². The number of carboxylic acid groups (broad SMARTS) is 1. The summed E-state index contributed by atoms with van der Waals surface area (Å²) in [5.74, 6) is -2.24. The second-order valence-corrected chi connectivity index (χ2v) is 3.65. The highest BCUT2D eigenvalue weighted by Gasteiger charge is 2.40. The highest BCUT2D eigenvalue weighted by atomic mass is 16.4. The summed E-state index contributed by atoms with van der Waals surface area (Å²) in [4.78, 5) is 34.4. The summed E-state index contributed by atoms with van der Waals surface area (Å²) in [6, 6.07) is -0.961. The monoisotopic (exact) mass is 199 g/mol. The first-order chi connectivity index (χ1) is 6.45. The highest BCUT2D eigenvalue weighted by Crippen LogP contribution is 2.21. The quantitative estimate of drug-likeness (QED) is 0.691. The van der Waals surface area contributed by atoms with E-state index in [1.54, 1.807) is 13.8 Å². The van der Waals surface area contributed by atoms with Crippen molar-refractivity contribution in [2.75, 3.05) is 0 Å². The molecule has 1 fully saturated rings. The lowest BCUT2D eigenvalue weighted by Crippen LogP contribution is -2.44. The van der Waals surface area contributed by atoms with Gasteiger partial charge in [-0.1, -0.05) is 13.8 Å². The Hall–Kier alpha value is -1.39. The van der Waals surface area contributed by atoms with Gasteiger partial charge in [-0.25, -0.2) is 4.79 Å². The Morgan fingerprint density at radius 1 is 1.50 bits per heavy atom. The summed E-state index contributed by atoms with van der Waals surface area (Å²) in [6.07, 6.45) is 0.377. The van der Waals surface area contributed by atoms with Crippen LogP contribution in [0.1, 0.15) is 26.7 Å². The summed E-state index contributed by atoms with van der Waals surface area (Å²) in [7, 11) is 0. The maximum Gasteiger partial charge on any atom is 0.326 e. The first kappa shape index (κ1) is 10.7. The van der Waals surface area contributed by atoms with Crippen LogP contribution in [0.2, 0.25) is 0 Å². The molecular weight excluding hydrogens is 186 g/mol. The molecule has 78 valence electrons. The maximum atomic E-state index is 11.5. The first-order valence-corrected chi connectivity index (χ1v) is 4.54. The summed E-state index contributed by atoms with van der Waals surface area (Å²) < 4.78 is 0. The van der Waals surface area contributed by atoms with Crippen LogP contribution >= 0.6 is 0 Å². The molecule has 0 bridgehead atoms. The number of aliphatic carboxylic acids is 1. The Morgan fingerprint density at radius 2 is 2.07 bits per heavy atom. The first-order valence-electron chi connectivity index (χ1n) is 4.54. The SMILES string of the molecule is CC(C)C(=O)N1C(=O)CCC1C(=O)O. The van der Waals surface area contributed by atoms with E-state index in [2.05, 4.69) is 0 Å². The summed E-state index contributed by atoms with van der Waals surface area (Å²) in [5.41, 5.74) is 0. The van der Waals surface area contributed by atoms with Gasteiger partial charge in [-0.15, -0.1) is 0 Å². The highest BCUT2D eigenvalue weighted by molar-refractivity contribution is 6.02. The molecule has 14 heavy (non-hydrogen) atoms. The summed E-state index contributed by atoms with van der Waals surface area (Å²) in [6.45, 7) is 3.29. The van der Waals surface area contributed by atoms with E-state index in [0.29, 0.717) is 0 Å². The van der Waals surface area contributed by atoms with E-state index in [4.69, 9.17) is 5.11 Å². The molecule has 1 aliphatic heterocycles. The molecule has 1 N–H and O–H groups in total. The fraction of sp³-hybridized carbons (Fsp3) is 0.667.